The van der Waals surface area contributed by atoms with Gasteiger partial charge in [-0.15, -0.1) is 0 Å². The Kier molecular flexibility index (Phi) is 6.97. The van der Waals surface area contributed by atoms with Crippen LogP contribution in [-0.2, 0) is 17.8 Å². The van der Waals surface area contributed by atoms with Gasteiger partial charge < -0.3 is 19.1 Å². The summed E-state index contributed by atoms with van der Waals surface area (Å²) < 4.78 is 30.6. The number of hydrogen-bond acceptors (Lipinski definition) is 5. The zero-order valence-corrected chi connectivity index (χ0v) is 17.9. The predicted molar refractivity (Wildman–Crippen MR) is 117 cm³/mol. The molecule has 0 saturated carbocycles. The highest BCUT2D eigenvalue weighted by molar-refractivity contribution is 5.94. The normalized spacial score (nSPS) is 15.4. The van der Waals surface area contributed by atoms with Crippen LogP contribution in [0.4, 0.5) is 4.39 Å². The van der Waals surface area contributed by atoms with Gasteiger partial charge in [0, 0.05) is 37.5 Å². The number of methoxy groups -OCH3 is 1. The van der Waals surface area contributed by atoms with E-state index in [1.165, 1.54) is 18.2 Å². The summed E-state index contributed by atoms with van der Waals surface area (Å²) in [5, 5.41) is 0. The molecule has 1 amide bonds. The van der Waals surface area contributed by atoms with E-state index in [4.69, 9.17) is 14.2 Å². The lowest BCUT2D eigenvalue weighted by atomic mass is 10.1. The summed E-state index contributed by atoms with van der Waals surface area (Å²) in [4.78, 5) is 19.0. The van der Waals surface area contributed by atoms with Gasteiger partial charge in [-0.1, -0.05) is 18.2 Å². The predicted octanol–water partition coefficient (Wildman–Crippen LogP) is 4.24. The number of pyridine rings is 1. The molecule has 0 bridgehead atoms. The van der Waals surface area contributed by atoms with E-state index in [1.807, 2.05) is 30.3 Å². The van der Waals surface area contributed by atoms with Crippen molar-refractivity contribution in [2.75, 3.05) is 20.3 Å². The molecule has 4 rings (SSSR count). The molecule has 1 aromatic heterocycles. The van der Waals surface area contributed by atoms with Crippen LogP contribution in [0.25, 0.3) is 0 Å². The molecular weight excluding hydrogens is 411 g/mol. The Labute approximate surface area is 186 Å². The fourth-order valence-corrected chi connectivity index (χ4v) is 3.63. The fourth-order valence-electron chi connectivity index (χ4n) is 3.63. The molecule has 2 aromatic carbocycles. The summed E-state index contributed by atoms with van der Waals surface area (Å²) in [7, 11) is 1.59. The Hall–Kier alpha value is -3.45. The quantitative estimate of drug-likeness (QED) is 0.529. The van der Waals surface area contributed by atoms with E-state index in [1.54, 1.807) is 30.5 Å². The average Bonchev–Trinajstić information content (AvgIpc) is 3.33. The molecule has 1 unspecified atom stereocenters. The lowest BCUT2D eigenvalue weighted by Crippen LogP contribution is -2.30. The van der Waals surface area contributed by atoms with Gasteiger partial charge >= 0.3 is 0 Å². The van der Waals surface area contributed by atoms with Crippen LogP contribution in [0.1, 0.15) is 27.9 Å². The first kappa shape index (κ1) is 21.8. The van der Waals surface area contributed by atoms with Crippen molar-refractivity contribution in [1.82, 2.24) is 9.88 Å². The number of amides is 1. The topological polar surface area (TPSA) is 60.9 Å². The smallest absolute Gasteiger partial charge is 0.254 e. The van der Waals surface area contributed by atoms with E-state index in [2.05, 4.69) is 4.98 Å². The minimum Gasteiger partial charge on any atom is -0.493 e. The number of hydrogen-bond donors (Lipinski definition) is 0. The molecule has 0 aliphatic carbocycles. The number of carbonyl (C=O) groups excluding carboxylic acids is 1. The Bertz CT molecular complexity index is 1050. The second kappa shape index (κ2) is 10.2. The van der Waals surface area contributed by atoms with Crippen LogP contribution in [0.3, 0.4) is 0 Å². The molecule has 0 radical (unpaired) electrons. The number of benzene rings is 2. The molecule has 1 aliphatic rings. The summed E-state index contributed by atoms with van der Waals surface area (Å²) in [6.45, 7) is 1.90. The number of ether oxygens (including phenoxy) is 3. The highest BCUT2D eigenvalue weighted by Crippen LogP contribution is 2.31. The van der Waals surface area contributed by atoms with Crippen LogP contribution >= 0.6 is 0 Å². The summed E-state index contributed by atoms with van der Waals surface area (Å²) in [6, 6.07) is 15.1. The molecule has 32 heavy (non-hydrogen) atoms. The van der Waals surface area contributed by atoms with Gasteiger partial charge in [0.05, 0.1) is 20.3 Å². The van der Waals surface area contributed by atoms with E-state index in [-0.39, 0.29) is 12.0 Å². The molecule has 1 aliphatic heterocycles. The number of halogens is 1. The first-order chi connectivity index (χ1) is 15.6. The first-order valence-corrected chi connectivity index (χ1v) is 10.5. The zero-order valence-electron chi connectivity index (χ0n) is 17.9. The number of nitrogens with zero attached hydrogens (tertiary/aromatic N) is 2. The third kappa shape index (κ3) is 5.42. The fraction of sp³-hybridized carbons (Fsp3) is 0.280. The molecule has 0 N–H and O–H groups in total. The highest BCUT2D eigenvalue weighted by atomic mass is 19.1. The largest absolute Gasteiger partial charge is 0.493 e. The molecule has 2 heterocycles. The van der Waals surface area contributed by atoms with Gasteiger partial charge in [-0.2, -0.15) is 0 Å². The number of aromatic nitrogens is 1. The van der Waals surface area contributed by atoms with E-state index in [9.17, 15) is 9.18 Å². The second-order valence-electron chi connectivity index (χ2n) is 7.62. The van der Waals surface area contributed by atoms with Gasteiger partial charge in [-0.05, 0) is 47.5 Å². The average molecular weight is 436 g/mol. The lowest BCUT2D eigenvalue weighted by molar-refractivity contribution is 0.0729. The summed E-state index contributed by atoms with van der Waals surface area (Å²) in [6.07, 6.45) is 4.24. The zero-order chi connectivity index (χ0) is 22.3. The summed E-state index contributed by atoms with van der Waals surface area (Å²) >= 11 is 0. The third-order valence-electron chi connectivity index (χ3n) is 5.24. The number of carbonyl (C=O) groups is 1. The van der Waals surface area contributed by atoms with Crippen molar-refractivity contribution in [2.24, 2.45) is 0 Å². The van der Waals surface area contributed by atoms with Crippen LogP contribution in [0.5, 0.6) is 11.5 Å². The van der Waals surface area contributed by atoms with Crippen molar-refractivity contribution in [2.45, 2.75) is 25.6 Å². The van der Waals surface area contributed by atoms with Gasteiger partial charge in [0.2, 0.25) is 0 Å². The minimum absolute atomic E-state index is 0.00591. The van der Waals surface area contributed by atoms with Gasteiger partial charge in [0.1, 0.15) is 11.9 Å². The van der Waals surface area contributed by atoms with Crippen molar-refractivity contribution in [1.29, 1.82) is 0 Å². The van der Waals surface area contributed by atoms with Gasteiger partial charge in [-0.25, -0.2) is 4.39 Å². The standard InChI is InChI=1S/C25H25FN2O4/c1-30-24-12-18(7-8-23(24)32-22-9-11-31-17-22)15-28(16-19-4-3-10-27-14-19)25(29)20-5-2-6-21(26)13-20/h2-8,10,12-14,22H,9,11,15-17H2,1H3. The monoisotopic (exact) mass is 436 g/mol. The minimum atomic E-state index is -0.448. The molecular formula is C25H25FN2O4. The van der Waals surface area contributed by atoms with Crippen LogP contribution in [0.15, 0.2) is 67.0 Å². The summed E-state index contributed by atoms with van der Waals surface area (Å²) in [5.74, 6) is 0.517. The van der Waals surface area contributed by atoms with E-state index in [0.717, 1.165) is 17.5 Å². The van der Waals surface area contributed by atoms with Crippen LogP contribution in [-0.4, -0.2) is 42.2 Å². The Balaban J connectivity index is 1.57. The maximum Gasteiger partial charge on any atom is 0.254 e. The van der Waals surface area contributed by atoms with E-state index in [0.29, 0.717) is 43.4 Å². The molecule has 1 saturated heterocycles. The van der Waals surface area contributed by atoms with Crippen molar-refractivity contribution < 1.29 is 23.4 Å². The molecule has 166 valence electrons. The van der Waals surface area contributed by atoms with Crippen molar-refractivity contribution in [3.8, 4) is 11.5 Å². The number of rotatable bonds is 8. The van der Waals surface area contributed by atoms with Crippen molar-refractivity contribution in [3.05, 3.63) is 89.5 Å². The maximum absolute atomic E-state index is 13.7. The van der Waals surface area contributed by atoms with Crippen LogP contribution in [0.2, 0.25) is 0 Å². The molecule has 3 aromatic rings. The van der Waals surface area contributed by atoms with E-state index >= 15 is 0 Å². The molecule has 1 fully saturated rings. The van der Waals surface area contributed by atoms with Crippen LogP contribution < -0.4 is 9.47 Å². The maximum atomic E-state index is 13.7. The highest BCUT2D eigenvalue weighted by Gasteiger charge is 2.21. The lowest BCUT2D eigenvalue weighted by Gasteiger charge is -2.24. The SMILES string of the molecule is COc1cc(CN(Cc2cccnc2)C(=O)c2cccc(F)c2)ccc1OC1CCOC1. The first-order valence-electron chi connectivity index (χ1n) is 10.5. The van der Waals surface area contributed by atoms with Crippen molar-refractivity contribution in [3.63, 3.8) is 0 Å². The van der Waals surface area contributed by atoms with E-state index < -0.39 is 5.82 Å². The molecule has 7 heteroatoms. The Morgan fingerprint density at radius 3 is 2.72 bits per heavy atom. The molecule has 6 nitrogen and oxygen atoms in total. The van der Waals surface area contributed by atoms with Gasteiger partial charge in [-0.3, -0.25) is 9.78 Å². The van der Waals surface area contributed by atoms with Crippen molar-refractivity contribution >= 4 is 5.91 Å². The molecule has 0 spiro atoms. The molecule has 1 atom stereocenters. The Morgan fingerprint density at radius 2 is 2.00 bits per heavy atom. The third-order valence-corrected chi connectivity index (χ3v) is 5.24. The van der Waals surface area contributed by atoms with Gasteiger partial charge in [0.25, 0.3) is 5.91 Å². The van der Waals surface area contributed by atoms with Gasteiger partial charge in [0.15, 0.2) is 11.5 Å². The summed E-state index contributed by atoms with van der Waals surface area (Å²) in [5.41, 5.74) is 2.04. The second-order valence-corrected chi connectivity index (χ2v) is 7.62. The van der Waals surface area contributed by atoms with Crippen LogP contribution in [0, 0.1) is 5.82 Å². The Morgan fingerprint density at radius 1 is 1.12 bits per heavy atom.